The van der Waals surface area contributed by atoms with E-state index in [0.29, 0.717) is 29.0 Å². The Morgan fingerprint density at radius 2 is 1.11 bits per heavy atom. The minimum absolute atomic E-state index is 0.176. The summed E-state index contributed by atoms with van der Waals surface area (Å²) in [6.45, 7) is 2.09. The molecular formula is C32H30O6. The number of hydrogen-bond acceptors (Lipinski definition) is 6. The van der Waals surface area contributed by atoms with E-state index in [1.165, 1.54) is 24.3 Å². The zero-order valence-electron chi connectivity index (χ0n) is 21.2. The molecule has 0 aliphatic rings. The van der Waals surface area contributed by atoms with Crippen molar-refractivity contribution in [2.24, 2.45) is 0 Å². The quantitative estimate of drug-likeness (QED) is 0.122. The monoisotopic (exact) mass is 510 g/mol. The molecule has 4 aromatic carbocycles. The highest BCUT2D eigenvalue weighted by atomic mass is 16.7. The van der Waals surface area contributed by atoms with Gasteiger partial charge < -0.3 is 19.7 Å². The van der Waals surface area contributed by atoms with Crippen LogP contribution in [0.4, 0.5) is 0 Å². The first-order valence-electron chi connectivity index (χ1n) is 12.6. The Labute approximate surface area is 222 Å². The molecule has 2 N–H and O–H groups in total. The lowest BCUT2D eigenvalue weighted by Gasteiger charge is -2.21. The summed E-state index contributed by atoms with van der Waals surface area (Å²) in [5.74, 6) is -0.269. The van der Waals surface area contributed by atoms with Gasteiger partial charge in [-0.1, -0.05) is 80.4 Å². The van der Waals surface area contributed by atoms with Gasteiger partial charge in [-0.05, 0) is 30.7 Å². The van der Waals surface area contributed by atoms with Crippen LogP contribution in [0, 0.1) is 0 Å². The van der Waals surface area contributed by atoms with Gasteiger partial charge in [0.25, 0.3) is 0 Å². The lowest BCUT2D eigenvalue weighted by atomic mass is 10.0. The number of rotatable bonds is 12. The molecule has 0 atom stereocenters. The van der Waals surface area contributed by atoms with Crippen LogP contribution in [0.3, 0.4) is 0 Å². The summed E-state index contributed by atoms with van der Waals surface area (Å²) in [6.07, 6.45) is 2.68. The Morgan fingerprint density at radius 3 is 1.50 bits per heavy atom. The fourth-order valence-electron chi connectivity index (χ4n) is 4.05. The predicted octanol–water partition coefficient (Wildman–Crippen LogP) is 6.92. The number of benzene rings is 4. The highest BCUT2D eigenvalue weighted by molar-refractivity contribution is 6.11. The third-order valence-electron chi connectivity index (χ3n) is 6.08. The van der Waals surface area contributed by atoms with Crippen LogP contribution < -0.4 is 9.47 Å². The molecule has 38 heavy (non-hydrogen) atoms. The topological polar surface area (TPSA) is 93.1 Å². The van der Waals surface area contributed by atoms with Gasteiger partial charge in [0.15, 0.2) is 11.6 Å². The fourth-order valence-corrected chi connectivity index (χ4v) is 4.05. The van der Waals surface area contributed by atoms with Gasteiger partial charge in [-0.25, -0.2) is 0 Å². The number of hydrogen-bond donors (Lipinski definition) is 2. The number of carbonyl (C=O) groups excluding carboxylic acids is 2. The number of ketones is 2. The van der Waals surface area contributed by atoms with E-state index in [2.05, 4.69) is 6.92 Å². The molecule has 4 rings (SSSR count). The van der Waals surface area contributed by atoms with E-state index >= 15 is 0 Å². The maximum atomic E-state index is 12.7. The van der Waals surface area contributed by atoms with Gasteiger partial charge in [-0.15, -0.1) is 0 Å². The maximum absolute atomic E-state index is 12.7. The number of carbonyl (C=O) groups is 2. The van der Waals surface area contributed by atoms with Gasteiger partial charge in [0.05, 0.1) is 11.1 Å². The third-order valence-corrected chi connectivity index (χ3v) is 6.08. The van der Waals surface area contributed by atoms with E-state index in [-0.39, 0.29) is 34.2 Å². The molecule has 0 aromatic heterocycles. The number of aromatic hydroxyl groups is 2. The zero-order chi connectivity index (χ0) is 26.9. The Kier molecular flexibility index (Phi) is 8.77. The average Bonchev–Trinajstić information content (AvgIpc) is 2.93. The molecule has 0 unspecified atom stereocenters. The van der Waals surface area contributed by atoms with Gasteiger partial charge in [0.1, 0.15) is 23.0 Å². The lowest BCUT2D eigenvalue weighted by molar-refractivity contribution is -0.00259. The van der Waals surface area contributed by atoms with Crippen molar-refractivity contribution < 1.29 is 29.3 Å². The highest BCUT2D eigenvalue weighted by Crippen LogP contribution is 2.30. The molecule has 0 aliphatic carbocycles. The van der Waals surface area contributed by atoms with E-state index in [0.717, 1.165) is 19.3 Å². The van der Waals surface area contributed by atoms with Crippen LogP contribution in [0.5, 0.6) is 23.0 Å². The summed E-state index contributed by atoms with van der Waals surface area (Å²) in [6, 6.07) is 26.5. The predicted molar refractivity (Wildman–Crippen MR) is 145 cm³/mol. The van der Waals surface area contributed by atoms with Crippen LogP contribution in [0.15, 0.2) is 97.1 Å². The number of phenolic OH excluding ortho intramolecular Hbond substituents is 2. The average molecular weight is 511 g/mol. The molecule has 0 amide bonds. The molecule has 0 heterocycles. The van der Waals surface area contributed by atoms with Crippen LogP contribution in [0.1, 0.15) is 64.4 Å². The Bertz CT molecular complexity index is 1280. The molecule has 0 radical (unpaired) electrons. The van der Waals surface area contributed by atoms with Gasteiger partial charge >= 0.3 is 0 Å². The summed E-state index contributed by atoms with van der Waals surface area (Å²) in [5, 5.41) is 21.1. The molecule has 6 nitrogen and oxygen atoms in total. The van der Waals surface area contributed by atoms with Gasteiger partial charge in [-0.2, -0.15) is 0 Å². The Morgan fingerprint density at radius 1 is 0.658 bits per heavy atom. The van der Waals surface area contributed by atoms with E-state index < -0.39 is 6.29 Å². The first kappa shape index (κ1) is 26.5. The SMILES string of the molecule is CCCCCC(Oc1ccc(C(=O)c2ccccc2)c(O)c1)Oc1ccc(C(=O)c2ccccc2)c(O)c1. The van der Waals surface area contributed by atoms with Gasteiger partial charge in [0, 0.05) is 29.7 Å². The molecule has 0 spiro atoms. The second-order valence-electron chi connectivity index (χ2n) is 8.91. The van der Waals surface area contributed by atoms with Crippen LogP contribution in [0.2, 0.25) is 0 Å². The second kappa shape index (κ2) is 12.6. The van der Waals surface area contributed by atoms with Crippen LogP contribution in [-0.2, 0) is 0 Å². The highest BCUT2D eigenvalue weighted by Gasteiger charge is 2.19. The first-order valence-corrected chi connectivity index (χ1v) is 12.6. The van der Waals surface area contributed by atoms with Crippen molar-refractivity contribution in [1.82, 2.24) is 0 Å². The van der Waals surface area contributed by atoms with Crippen molar-refractivity contribution in [3.8, 4) is 23.0 Å². The standard InChI is InChI=1S/C32H30O6/c1-2-3-6-15-30(37-24-16-18-26(28(33)20-24)31(35)22-11-7-4-8-12-22)38-25-17-19-27(29(34)21-25)32(36)23-13-9-5-10-14-23/h4-5,7-14,16-21,30,33-34H,2-3,6,15H2,1H3. The third kappa shape index (κ3) is 6.59. The molecule has 0 saturated carbocycles. The van der Waals surface area contributed by atoms with Crippen LogP contribution in [0.25, 0.3) is 0 Å². The van der Waals surface area contributed by atoms with E-state index in [9.17, 15) is 19.8 Å². The van der Waals surface area contributed by atoms with Crippen LogP contribution >= 0.6 is 0 Å². The minimum atomic E-state index is -0.716. The van der Waals surface area contributed by atoms with Crippen molar-refractivity contribution in [2.45, 2.75) is 38.9 Å². The normalized spacial score (nSPS) is 10.8. The lowest BCUT2D eigenvalue weighted by Crippen LogP contribution is -2.24. The Hall–Kier alpha value is -4.58. The molecule has 0 aliphatic heterocycles. The smallest absolute Gasteiger partial charge is 0.241 e. The molecule has 194 valence electrons. The van der Waals surface area contributed by atoms with Crippen molar-refractivity contribution in [1.29, 1.82) is 0 Å². The Balaban J connectivity index is 1.50. The van der Waals surface area contributed by atoms with E-state index in [1.54, 1.807) is 60.7 Å². The number of unbranched alkanes of at least 4 members (excludes halogenated alkanes) is 2. The number of phenols is 2. The molecule has 0 bridgehead atoms. The summed E-state index contributed by atoms with van der Waals surface area (Å²) >= 11 is 0. The first-order chi connectivity index (χ1) is 18.5. The van der Waals surface area contributed by atoms with Crippen molar-refractivity contribution >= 4 is 11.6 Å². The van der Waals surface area contributed by atoms with Gasteiger partial charge in [0.2, 0.25) is 6.29 Å². The summed E-state index contributed by atoms with van der Waals surface area (Å²) in [4.78, 5) is 25.5. The summed E-state index contributed by atoms with van der Waals surface area (Å²) in [7, 11) is 0. The largest absolute Gasteiger partial charge is 0.507 e. The molecule has 4 aromatic rings. The molecule has 6 heteroatoms. The van der Waals surface area contributed by atoms with E-state index in [4.69, 9.17) is 9.47 Å². The second-order valence-corrected chi connectivity index (χ2v) is 8.91. The zero-order valence-corrected chi connectivity index (χ0v) is 21.2. The fraction of sp³-hybridized carbons (Fsp3) is 0.188. The maximum Gasteiger partial charge on any atom is 0.241 e. The van der Waals surface area contributed by atoms with E-state index in [1.807, 2.05) is 12.1 Å². The van der Waals surface area contributed by atoms with Crippen LogP contribution in [-0.4, -0.2) is 28.1 Å². The summed E-state index contributed by atoms with van der Waals surface area (Å²) < 4.78 is 12.1. The number of ether oxygens (including phenoxy) is 2. The minimum Gasteiger partial charge on any atom is -0.507 e. The molecule has 0 saturated heterocycles. The molecular weight excluding hydrogens is 480 g/mol. The van der Waals surface area contributed by atoms with Crippen molar-refractivity contribution in [3.63, 3.8) is 0 Å². The molecule has 0 fully saturated rings. The van der Waals surface area contributed by atoms with Crippen molar-refractivity contribution in [3.05, 3.63) is 119 Å². The van der Waals surface area contributed by atoms with Crippen molar-refractivity contribution in [2.75, 3.05) is 0 Å². The summed E-state index contributed by atoms with van der Waals surface area (Å²) in [5.41, 5.74) is 1.31. The van der Waals surface area contributed by atoms with Gasteiger partial charge in [-0.3, -0.25) is 9.59 Å².